The van der Waals surface area contributed by atoms with E-state index in [1.807, 2.05) is 18.2 Å². The predicted molar refractivity (Wildman–Crippen MR) is 128 cm³/mol. The van der Waals surface area contributed by atoms with Gasteiger partial charge in [-0.3, -0.25) is 9.78 Å². The summed E-state index contributed by atoms with van der Waals surface area (Å²) in [7, 11) is 0. The number of nitrogens with zero attached hydrogens (tertiary/aromatic N) is 5. The van der Waals surface area contributed by atoms with Crippen molar-refractivity contribution in [3.63, 3.8) is 0 Å². The number of rotatable bonds is 5. The van der Waals surface area contributed by atoms with Crippen LogP contribution in [0.5, 0.6) is 0 Å². The highest BCUT2D eigenvalue weighted by Gasteiger charge is 2.37. The van der Waals surface area contributed by atoms with E-state index in [0.717, 1.165) is 30.9 Å². The van der Waals surface area contributed by atoms with Crippen LogP contribution in [0.4, 0.5) is 19.0 Å². The van der Waals surface area contributed by atoms with Crippen LogP contribution in [0.25, 0.3) is 22.6 Å². The van der Waals surface area contributed by atoms with E-state index in [2.05, 4.69) is 31.7 Å². The van der Waals surface area contributed by atoms with Crippen molar-refractivity contribution < 1.29 is 18.0 Å². The van der Waals surface area contributed by atoms with Crippen molar-refractivity contribution in [1.82, 2.24) is 25.0 Å². The third-order valence-electron chi connectivity index (χ3n) is 5.85. The highest BCUT2D eigenvalue weighted by atomic mass is 19.4. The molecule has 182 valence electrons. The molecule has 1 N–H and O–H groups in total. The number of allylic oxidation sites excluding steroid dienone is 2. The molecule has 4 aromatic rings. The summed E-state index contributed by atoms with van der Waals surface area (Å²) in [6.45, 7) is 0. The van der Waals surface area contributed by atoms with E-state index < -0.39 is 11.9 Å². The van der Waals surface area contributed by atoms with Gasteiger partial charge in [-0.2, -0.15) is 18.3 Å². The van der Waals surface area contributed by atoms with Gasteiger partial charge in [0.15, 0.2) is 17.3 Å². The van der Waals surface area contributed by atoms with Crippen LogP contribution in [0.2, 0.25) is 0 Å². The van der Waals surface area contributed by atoms with Crippen LogP contribution in [0.3, 0.4) is 0 Å². The molecule has 0 fully saturated rings. The maximum atomic E-state index is 13.7. The minimum Gasteiger partial charge on any atom is -0.305 e. The number of benzene rings is 1. The molecule has 36 heavy (non-hydrogen) atoms. The number of hydrogen-bond acceptors (Lipinski definition) is 5. The number of carbonyl (C=O) groups is 1. The second kappa shape index (κ2) is 9.73. The molecule has 0 bridgehead atoms. The van der Waals surface area contributed by atoms with Crippen LogP contribution in [-0.4, -0.2) is 30.9 Å². The summed E-state index contributed by atoms with van der Waals surface area (Å²) in [6.07, 6.45) is 4.80. The molecular weight excluding hydrogens is 469 g/mol. The Bertz CT molecular complexity index is 1410. The molecular formula is C26H21F3N6O. The van der Waals surface area contributed by atoms with Crippen LogP contribution in [0, 0.1) is 0 Å². The number of anilines is 1. The topological polar surface area (TPSA) is 85.6 Å². The molecule has 1 aliphatic rings. The molecule has 1 aromatic carbocycles. The summed E-state index contributed by atoms with van der Waals surface area (Å²) in [4.78, 5) is 16.7. The summed E-state index contributed by atoms with van der Waals surface area (Å²) in [5, 5.41) is 14.5. The minimum absolute atomic E-state index is 0.0996. The molecule has 0 saturated carbocycles. The largest absolute Gasteiger partial charge is 0.433 e. The van der Waals surface area contributed by atoms with Crippen molar-refractivity contribution in [1.29, 1.82) is 0 Å². The first-order valence-corrected chi connectivity index (χ1v) is 11.4. The Labute approximate surface area is 204 Å². The summed E-state index contributed by atoms with van der Waals surface area (Å²) >= 11 is 0. The average Bonchev–Trinajstić information content (AvgIpc) is 3.37. The van der Waals surface area contributed by atoms with Crippen molar-refractivity contribution in [2.45, 2.75) is 31.9 Å². The van der Waals surface area contributed by atoms with Crippen LogP contribution in [0.1, 0.15) is 47.3 Å². The fraction of sp³-hybridized carbons (Fsp3) is 0.192. The van der Waals surface area contributed by atoms with E-state index in [-0.39, 0.29) is 23.2 Å². The van der Waals surface area contributed by atoms with Crippen molar-refractivity contribution in [2.75, 3.05) is 5.32 Å². The van der Waals surface area contributed by atoms with Gasteiger partial charge in [0.2, 0.25) is 0 Å². The molecule has 5 rings (SSSR count). The lowest BCUT2D eigenvalue weighted by molar-refractivity contribution is -0.142. The highest BCUT2D eigenvalue weighted by Crippen LogP contribution is 2.33. The van der Waals surface area contributed by atoms with Crippen molar-refractivity contribution in [2.24, 2.45) is 0 Å². The molecule has 1 amide bonds. The van der Waals surface area contributed by atoms with Gasteiger partial charge in [-0.25, -0.2) is 4.68 Å². The number of amides is 1. The first kappa shape index (κ1) is 23.4. The number of halogens is 3. The molecule has 0 unspecified atom stereocenters. The second-order valence-corrected chi connectivity index (χ2v) is 8.35. The molecule has 0 radical (unpaired) electrons. The third-order valence-corrected chi connectivity index (χ3v) is 5.85. The summed E-state index contributed by atoms with van der Waals surface area (Å²) in [5.41, 5.74) is 2.23. The van der Waals surface area contributed by atoms with E-state index in [1.54, 1.807) is 18.2 Å². The average molecular weight is 490 g/mol. The van der Waals surface area contributed by atoms with E-state index >= 15 is 0 Å². The zero-order chi connectivity index (χ0) is 25.1. The predicted octanol–water partition coefficient (Wildman–Crippen LogP) is 5.95. The normalized spacial score (nSPS) is 13.8. The Balaban J connectivity index is 1.37. The van der Waals surface area contributed by atoms with Crippen LogP contribution in [-0.2, 0) is 6.18 Å². The van der Waals surface area contributed by atoms with Gasteiger partial charge in [-0.15, -0.1) is 10.2 Å². The van der Waals surface area contributed by atoms with Gasteiger partial charge in [-0.05, 0) is 79.3 Å². The lowest BCUT2D eigenvalue weighted by atomic mass is 9.93. The molecule has 3 heterocycles. The Morgan fingerprint density at radius 2 is 1.83 bits per heavy atom. The Hall–Kier alpha value is -4.34. The fourth-order valence-electron chi connectivity index (χ4n) is 4.07. The first-order chi connectivity index (χ1) is 17.4. The molecule has 3 aromatic heterocycles. The fourth-order valence-corrected chi connectivity index (χ4v) is 4.07. The van der Waals surface area contributed by atoms with Crippen LogP contribution in [0.15, 0.2) is 73.1 Å². The number of nitrogens with one attached hydrogen (secondary N) is 1. The maximum Gasteiger partial charge on any atom is 0.433 e. The highest BCUT2D eigenvalue weighted by molar-refractivity contribution is 6.04. The van der Waals surface area contributed by atoms with Gasteiger partial charge in [-0.1, -0.05) is 18.2 Å². The molecule has 10 heteroatoms. The van der Waals surface area contributed by atoms with Crippen molar-refractivity contribution in [3.8, 4) is 17.1 Å². The Morgan fingerprint density at radius 3 is 2.53 bits per heavy atom. The molecule has 0 saturated heterocycles. The summed E-state index contributed by atoms with van der Waals surface area (Å²) in [5.74, 6) is -0.412. The molecule has 7 nitrogen and oxygen atoms in total. The second-order valence-electron chi connectivity index (χ2n) is 8.35. The van der Waals surface area contributed by atoms with Gasteiger partial charge < -0.3 is 5.32 Å². The van der Waals surface area contributed by atoms with Gasteiger partial charge in [0.25, 0.3) is 5.91 Å². The van der Waals surface area contributed by atoms with E-state index in [9.17, 15) is 18.0 Å². The molecule has 0 atom stereocenters. The summed E-state index contributed by atoms with van der Waals surface area (Å²) < 4.78 is 41.7. The number of pyridine rings is 1. The Morgan fingerprint density at radius 1 is 0.972 bits per heavy atom. The molecule has 0 spiro atoms. The SMILES string of the molecule is O=C(Nc1ccc(-n2nc(-c3cccnc3)cc2C(F)(F)F)nn1)c1cccc(C2=CCCCC2)c1. The van der Waals surface area contributed by atoms with Gasteiger partial charge in [0, 0.05) is 23.5 Å². The zero-order valence-corrected chi connectivity index (χ0v) is 19.0. The monoisotopic (exact) mass is 490 g/mol. The number of hydrogen-bond donors (Lipinski definition) is 1. The minimum atomic E-state index is -4.67. The van der Waals surface area contributed by atoms with E-state index in [0.29, 0.717) is 15.8 Å². The van der Waals surface area contributed by atoms with E-state index in [4.69, 9.17) is 0 Å². The van der Waals surface area contributed by atoms with Crippen LogP contribution < -0.4 is 5.32 Å². The lowest BCUT2D eigenvalue weighted by Crippen LogP contribution is -2.16. The number of carbonyl (C=O) groups excluding carboxylic acids is 1. The number of aromatic nitrogens is 5. The molecule has 1 aliphatic carbocycles. The standard InChI is InChI=1S/C26H21F3N6O/c27-26(28,29)22-15-21(20-10-5-13-30-16-20)34-35(22)24-12-11-23(32-33-24)31-25(36)19-9-4-8-18(14-19)17-6-2-1-3-7-17/h4-6,8-16H,1-3,7H2,(H,31,32,36). The van der Waals surface area contributed by atoms with Crippen molar-refractivity contribution >= 4 is 17.3 Å². The smallest absolute Gasteiger partial charge is 0.305 e. The maximum absolute atomic E-state index is 13.7. The number of alkyl halides is 3. The van der Waals surface area contributed by atoms with Crippen LogP contribution >= 0.6 is 0 Å². The third kappa shape index (κ3) is 5.02. The van der Waals surface area contributed by atoms with Crippen molar-refractivity contribution in [3.05, 3.63) is 89.9 Å². The summed E-state index contributed by atoms with van der Waals surface area (Å²) in [6, 6.07) is 14.2. The lowest BCUT2D eigenvalue weighted by Gasteiger charge is -2.14. The van der Waals surface area contributed by atoms with Gasteiger partial charge in [0.05, 0.1) is 5.69 Å². The van der Waals surface area contributed by atoms with Gasteiger partial charge >= 0.3 is 6.18 Å². The quantitative estimate of drug-likeness (QED) is 0.374. The first-order valence-electron chi connectivity index (χ1n) is 11.4. The molecule has 0 aliphatic heterocycles. The Kier molecular flexibility index (Phi) is 6.32. The zero-order valence-electron chi connectivity index (χ0n) is 19.0. The van der Waals surface area contributed by atoms with E-state index in [1.165, 1.54) is 36.5 Å². The van der Waals surface area contributed by atoms with Gasteiger partial charge in [0.1, 0.15) is 0 Å².